The SMILES string of the molecule is C.O=Cc1ccc(OCc2nc3ccccc3[nH]2)c(F)c1. The van der Waals surface area contributed by atoms with Gasteiger partial charge < -0.3 is 9.72 Å². The molecule has 0 saturated carbocycles. The van der Waals surface area contributed by atoms with Gasteiger partial charge in [-0.3, -0.25) is 4.79 Å². The van der Waals surface area contributed by atoms with Gasteiger partial charge in [0.2, 0.25) is 0 Å². The Morgan fingerprint density at radius 1 is 1.24 bits per heavy atom. The van der Waals surface area contributed by atoms with E-state index in [1.165, 1.54) is 12.1 Å². The lowest BCUT2D eigenvalue weighted by Gasteiger charge is -2.05. The van der Waals surface area contributed by atoms with Crippen molar-refractivity contribution in [3.8, 4) is 5.75 Å². The van der Waals surface area contributed by atoms with Gasteiger partial charge >= 0.3 is 0 Å². The lowest BCUT2D eigenvalue weighted by atomic mass is 10.2. The third-order valence-corrected chi connectivity index (χ3v) is 2.89. The first-order chi connectivity index (χ1) is 9.76. The summed E-state index contributed by atoms with van der Waals surface area (Å²) in [7, 11) is 0. The summed E-state index contributed by atoms with van der Waals surface area (Å²) >= 11 is 0. The number of H-pyrrole nitrogens is 1. The van der Waals surface area contributed by atoms with E-state index in [0.29, 0.717) is 12.1 Å². The van der Waals surface area contributed by atoms with Gasteiger partial charge in [0.25, 0.3) is 0 Å². The molecule has 0 saturated heterocycles. The highest BCUT2D eigenvalue weighted by Crippen LogP contribution is 2.19. The molecule has 0 spiro atoms. The number of benzene rings is 2. The average molecular weight is 286 g/mol. The Morgan fingerprint density at radius 2 is 2.05 bits per heavy atom. The largest absolute Gasteiger partial charge is 0.483 e. The minimum absolute atomic E-state index is 0. The van der Waals surface area contributed by atoms with Crippen molar-refractivity contribution < 1.29 is 13.9 Å². The molecule has 0 atom stereocenters. The van der Waals surface area contributed by atoms with Gasteiger partial charge in [-0.2, -0.15) is 0 Å². The van der Waals surface area contributed by atoms with Gasteiger partial charge in [0, 0.05) is 5.56 Å². The van der Waals surface area contributed by atoms with Crippen LogP contribution >= 0.6 is 0 Å². The summed E-state index contributed by atoms with van der Waals surface area (Å²) in [5.41, 5.74) is 2.02. The number of carbonyl (C=O) groups excluding carboxylic acids is 1. The van der Waals surface area contributed by atoms with Crippen LogP contribution in [0.2, 0.25) is 0 Å². The molecule has 0 amide bonds. The number of ether oxygens (including phenoxy) is 1. The van der Waals surface area contributed by atoms with Crippen LogP contribution in [0.25, 0.3) is 11.0 Å². The van der Waals surface area contributed by atoms with Crippen molar-refractivity contribution in [1.29, 1.82) is 0 Å². The van der Waals surface area contributed by atoms with E-state index in [2.05, 4.69) is 9.97 Å². The molecule has 108 valence electrons. The molecule has 1 N–H and O–H groups in total. The molecule has 5 heteroatoms. The van der Waals surface area contributed by atoms with Crippen molar-refractivity contribution in [1.82, 2.24) is 9.97 Å². The van der Waals surface area contributed by atoms with Gasteiger partial charge in [-0.15, -0.1) is 0 Å². The fourth-order valence-corrected chi connectivity index (χ4v) is 1.93. The van der Waals surface area contributed by atoms with Crippen molar-refractivity contribution in [2.24, 2.45) is 0 Å². The van der Waals surface area contributed by atoms with E-state index >= 15 is 0 Å². The summed E-state index contributed by atoms with van der Waals surface area (Å²) in [5, 5.41) is 0. The number of nitrogens with zero attached hydrogens (tertiary/aromatic N) is 1. The van der Waals surface area contributed by atoms with Gasteiger partial charge in [0.05, 0.1) is 11.0 Å². The zero-order valence-corrected chi connectivity index (χ0v) is 10.5. The van der Waals surface area contributed by atoms with Crippen molar-refractivity contribution >= 4 is 17.3 Å². The van der Waals surface area contributed by atoms with Crippen molar-refractivity contribution in [2.75, 3.05) is 0 Å². The maximum absolute atomic E-state index is 13.6. The van der Waals surface area contributed by atoms with Crippen molar-refractivity contribution in [3.63, 3.8) is 0 Å². The quantitative estimate of drug-likeness (QED) is 0.743. The van der Waals surface area contributed by atoms with E-state index in [1.807, 2.05) is 24.3 Å². The summed E-state index contributed by atoms with van der Waals surface area (Å²) in [6.45, 7) is 0.131. The number of aldehydes is 1. The number of halogens is 1. The first-order valence-electron chi connectivity index (χ1n) is 6.07. The number of aromatic nitrogens is 2. The monoisotopic (exact) mass is 286 g/mol. The van der Waals surface area contributed by atoms with Crippen LogP contribution in [0.1, 0.15) is 23.6 Å². The lowest BCUT2D eigenvalue weighted by molar-refractivity contribution is 0.112. The molecule has 4 nitrogen and oxygen atoms in total. The molecule has 3 rings (SSSR count). The normalized spacial score (nSPS) is 10.1. The second kappa shape index (κ2) is 6.17. The third-order valence-electron chi connectivity index (χ3n) is 2.89. The molecule has 21 heavy (non-hydrogen) atoms. The number of imidazole rings is 1. The molecule has 0 aliphatic rings. The number of nitrogens with one attached hydrogen (secondary N) is 1. The van der Waals surface area contributed by atoms with Gasteiger partial charge in [-0.05, 0) is 30.3 Å². The Balaban J connectivity index is 0.00000161. The number of para-hydroxylation sites is 2. The highest BCUT2D eigenvalue weighted by atomic mass is 19.1. The van der Waals surface area contributed by atoms with Crippen LogP contribution in [-0.4, -0.2) is 16.3 Å². The smallest absolute Gasteiger partial charge is 0.165 e. The zero-order valence-electron chi connectivity index (χ0n) is 10.5. The first-order valence-corrected chi connectivity index (χ1v) is 6.07. The van der Waals surface area contributed by atoms with Crippen molar-refractivity contribution in [2.45, 2.75) is 14.0 Å². The molecule has 0 radical (unpaired) electrons. The maximum Gasteiger partial charge on any atom is 0.165 e. The van der Waals surface area contributed by atoms with E-state index in [-0.39, 0.29) is 25.3 Å². The molecule has 2 aromatic carbocycles. The van der Waals surface area contributed by atoms with Crippen LogP contribution in [0, 0.1) is 5.82 Å². The first kappa shape index (κ1) is 14.7. The van der Waals surface area contributed by atoms with Crippen LogP contribution in [-0.2, 0) is 6.61 Å². The van der Waals surface area contributed by atoms with E-state index < -0.39 is 5.82 Å². The second-order valence-corrected chi connectivity index (χ2v) is 4.30. The number of fused-ring (bicyclic) bond motifs is 1. The minimum atomic E-state index is -0.564. The maximum atomic E-state index is 13.6. The highest BCUT2D eigenvalue weighted by Gasteiger charge is 2.07. The van der Waals surface area contributed by atoms with Gasteiger partial charge in [-0.25, -0.2) is 9.37 Å². The number of aromatic amines is 1. The fraction of sp³-hybridized carbons (Fsp3) is 0.125. The molecular weight excluding hydrogens is 271 g/mol. The predicted molar refractivity (Wildman–Crippen MR) is 78.9 cm³/mol. The number of hydrogen-bond donors (Lipinski definition) is 1. The molecule has 1 aromatic heterocycles. The van der Waals surface area contributed by atoms with Crippen LogP contribution < -0.4 is 4.74 Å². The number of hydrogen-bond acceptors (Lipinski definition) is 3. The Bertz CT molecular complexity index is 735. The van der Waals surface area contributed by atoms with Gasteiger partial charge in [0.1, 0.15) is 18.7 Å². The summed E-state index contributed by atoms with van der Waals surface area (Å²) in [4.78, 5) is 18.0. The molecule has 0 bridgehead atoms. The summed E-state index contributed by atoms with van der Waals surface area (Å²) in [5.74, 6) is 0.145. The van der Waals surface area contributed by atoms with E-state index in [0.717, 1.165) is 17.1 Å². The highest BCUT2D eigenvalue weighted by molar-refractivity contribution is 5.75. The molecule has 1 heterocycles. The summed E-state index contributed by atoms with van der Waals surface area (Å²) in [6.07, 6.45) is 0.589. The predicted octanol–water partition coefficient (Wildman–Crippen LogP) is 3.73. The molecule has 0 fully saturated rings. The zero-order chi connectivity index (χ0) is 13.9. The van der Waals surface area contributed by atoms with Gasteiger partial charge in [-0.1, -0.05) is 19.6 Å². The lowest BCUT2D eigenvalue weighted by Crippen LogP contribution is -1.99. The van der Waals surface area contributed by atoms with Crippen molar-refractivity contribution in [3.05, 3.63) is 59.7 Å². The van der Waals surface area contributed by atoms with Crippen LogP contribution in [0.5, 0.6) is 5.75 Å². The van der Waals surface area contributed by atoms with Gasteiger partial charge in [0.15, 0.2) is 11.6 Å². The summed E-state index contributed by atoms with van der Waals surface area (Å²) < 4.78 is 19.0. The van der Waals surface area contributed by atoms with E-state index in [4.69, 9.17) is 4.74 Å². The van der Waals surface area contributed by atoms with Crippen LogP contribution in [0.4, 0.5) is 4.39 Å². The molecule has 0 unspecified atom stereocenters. The molecule has 0 aliphatic carbocycles. The third kappa shape index (κ3) is 3.08. The van der Waals surface area contributed by atoms with Crippen LogP contribution in [0.3, 0.4) is 0 Å². The fourth-order valence-electron chi connectivity index (χ4n) is 1.93. The summed E-state index contributed by atoms with van der Waals surface area (Å²) in [6, 6.07) is 11.7. The number of carbonyl (C=O) groups is 1. The molecular formula is C16H15FN2O2. The number of rotatable bonds is 4. The van der Waals surface area contributed by atoms with E-state index in [1.54, 1.807) is 0 Å². The Hall–Kier alpha value is -2.69. The van der Waals surface area contributed by atoms with E-state index in [9.17, 15) is 9.18 Å². The average Bonchev–Trinajstić information content (AvgIpc) is 2.88. The standard InChI is InChI=1S/C15H11FN2O2.CH4/c16-11-7-10(8-19)5-6-14(11)20-9-15-17-12-3-1-2-4-13(12)18-15;/h1-8H,9H2,(H,17,18);1H4. The van der Waals surface area contributed by atoms with Crippen LogP contribution in [0.15, 0.2) is 42.5 Å². The Labute approximate surface area is 121 Å². The molecule has 3 aromatic rings. The minimum Gasteiger partial charge on any atom is -0.483 e. The molecule has 0 aliphatic heterocycles. The Kier molecular flexibility index (Phi) is 4.33. The second-order valence-electron chi connectivity index (χ2n) is 4.30. The Morgan fingerprint density at radius 3 is 2.76 bits per heavy atom. The topological polar surface area (TPSA) is 55.0 Å².